The summed E-state index contributed by atoms with van der Waals surface area (Å²) in [5.74, 6) is -1.99. The van der Waals surface area contributed by atoms with Crippen molar-refractivity contribution in [1.82, 2.24) is 15.0 Å². The van der Waals surface area contributed by atoms with Gasteiger partial charge in [-0.15, -0.1) is 0 Å². The first-order valence-electron chi connectivity index (χ1n) is 11.2. The van der Waals surface area contributed by atoms with Crippen molar-refractivity contribution in [1.29, 1.82) is 0 Å². The fraction of sp³-hybridized carbons (Fsp3) is 0.250. The van der Waals surface area contributed by atoms with E-state index in [4.69, 9.17) is 16.3 Å². The van der Waals surface area contributed by atoms with Crippen LogP contribution in [0.15, 0.2) is 53.7 Å². The molecule has 1 fully saturated rings. The molecule has 14 heteroatoms. The highest BCUT2D eigenvalue weighted by molar-refractivity contribution is 7.89. The van der Waals surface area contributed by atoms with Crippen LogP contribution in [-0.2, 0) is 16.2 Å². The molecule has 1 saturated heterocycles. The highest BCUT2D eigenvalue weighted by atomic mass is 35.5. The molecule has 1 aliphatic rings. The summed E-state index contributed by atoms with van der Waals surface area (Å²) < 4.78 is 87.6. The van der Waals surface area contributed by atoms with Crippen LogP contribution in [0.3, 0.4) is 0 Å². The van der Waals surface area contributed by atoms with Crippen molar-refractivity contribution in [2.75, 3.05) is 18.4 Å². The summed E-state index contributed by atoms with van der Waals surface area (Å²) in [6.45, 7) is 2.60. The Morgan fingerprint density at radius 1 is 1.16 bits per heavy atom. The number of benzene rings is 2. The summed E-state index contributed by atoms with van der Waals surface area (Å²) in [5.41, 5.74) is -1.33. The first kappa shape index (κ1) is 27.8. The Balaban J connectivity index is 1.66. The van der Waals surface area contributed by atoms with Gasteiger partial charge in [-0.3, -0.25) is 4.79 Å². The van der Waals surface area contributed by atoms with Gasteiger partial charge in [-0.1, -0.05) is 11.6 Å². The average Bonchev–Trinajstić information content (AvgIpc) is 3.33. The third-order valence-corrected chi connectivity index (χ3v) is 7.36. The van der Waals surface area contributed by atoms with Crippen LogP contribution in [0.4, 0.5) is 23.2 Å². The second-order valence-corrected chi connectivity index (χ2v) is 10.6. The van der Waals surface area contributed by atoms with Crippen molar-refractivity contribution in [3.05, 3.63) is 76.2 Å². The van der Waals surface area contributed by atoms with E-state index < -0.39 is 44.3 Å². The van der Waals surface area contributed by atoms with Gasteiger partial charge in [-0.2, -0.15) is 13.2 Å². The van der Waals surface area contributed by atoms with Gasteiger partial charge in [-0.05, 0) is 61.9 Å². The van der Waals surface area contributed by atoms with E-state index in [1.165, 1.54) is 19.1 Å². The standard InChI is InChI=1S/C24H21ClF4N4O4S/c1-13-8-14(26)2-3-20(13)37-21-11-18(24(27,28)29)19(25)10-17(21)23(34)32-15-5-7-31-22(9-15)38(35,36)33-16-4-6-30-12-16/h2-3,5,7-11,16,30,33H,4,6,12H2,1H3,(H,31,32,34)/t16-/m1/s1. The molecule has 3 N–H and O–H groups in total. The number of hydrogen-bond acceptors (Lipinski definition) is 6. The Morgan fingerprint density at radius 3 is 2.58 bits per heavy atom. The summed E-state index contributed by atoms with van der Waals surface area (Å²) in [6.07, 6.45) is -3.09. The predicted octanol–water partition coefficient (Wildman–Crippen LogP) is 4.89. The first-order valence-corrected chi connectivity index (χ1v) is 13.0. The van der Waals surface area contributed by atoms with Gasteiger partial charge in [-0.25, -0.2) is 22.5 Å². The zero-order chi connectivity index (χ0) is 27.7. The van der Waals surface area contributed by atoms with Gasteiger partial charge < -0.3 is 15.4 Å². The number of rotatable bonds is 7. The Hall–Kier alpha value is -3.26. The van der Waals surface area contributed by atoms with Crippen LogP contribution in [0.1, 0.15) is 27.9 Å². The van der Waals surface area contributed by atoms with Crippen molar-refractivity contribution in [3.63, 3.8) is 0 Å². The number of ether oxygens (including phenoxy) is 1. The van der Waals surface area contributed by atoms with Crippen LogP contribution < -0.4 is 20.1 Å². The Morgan fingerprint density at radius 2 is 1.92 bits per heavy atom. The molecule has 0 unspecified atom stereocenters. The third-order valence-electron chi connectivity index (χ3n) is 5.63. The van der Waals surface area contributed by atoms with E-state index in [9.17, 15) is 30.8 Å². The van der Waals surface area contributed by atoms with Crippen molar-refractivity contribution in [3.8, 4) is 11.5 Å². The smallest absolute Gasteiger partial charge is 0.417 e. The molecule has 0 bridgehead atoms. The lowest BCUT2D eigenvalue weighted by atomic mass is 10.1. The molecule has 2 aromatic carbocycles. The van der Waals surface area contributed by atoms with Gasteiger partial charge in [0.1, 0.15) is 17.3 Å². The third kappa shape index (κ3) is 6.41. The van der Waals surface area contributed by atoms with E-state index in [0.717, 1.165) is 30.5 Å². The normalized spacial score (nSPS) is 15.9. The molecule has 1 aromatic heterocycles. The number of anilines is 1. The van der Waals surface area contributed by atoms with Crippen molar-refractivity contribution in [2.45, 2.75) is 30.6 Å². The van der Waals surface area contributed by atoms with Gasteiger partial charge in [0, 0.05) is 30.5 Å². The minimum atomic E-state index is -4.85. The number of nitrogens with zero attached hydrogens (tertiary/aromatic N) is 1. The number of aromatic nitrogens is 1. The van der Waals surface area contributed by atoms with Gasteiger partial charge in [0.25, 0.3) is 15.9 Å². The molecule has 4 rings (SSSR count). The lowest BCUT2D eigenvalue weighted by molar-refractivity contribution is -0.137. The van der Waals surface area contributed by atoms with Crippen LogP contribution >= 0.6 is 11.6 Å². The Kier molecular flexibility index (Phi) is 7.93. The Bertz CT molecular complexity index is 1480. The van der Waals surface area contributed by atoms with Gasteiger partial charge >= 0.3 is 6.18 Å². The van der Waals surface area contributed by atoms with Gasteiger partial charge in [0.15, 0.2) is 5.03 Å². The summed E-state index contributed by atoms with van der Waals surface area (Å²) in [6, 6.07) is 6.85. The quantitative estimate of drug-likeness (QED) is 0.348. The molecule has 38 heavy (non-hydrogen) atoms. The lowest BCUT2D eigenvalue weighted by Gasteiger charge is -2.17. The molecule has 0 saturated carbocycles. The number of nitrogens with one attached hydrogen (secondary N) is 3. The van der Waals surface area contributed by atoms with E-state index in [1.54, 1.807) is 0 Å². The SMILES string of the molecule is Cc1cc(F)ccc1Oc1cc(C(F)(F)F)c(Cl)cc1C(=O)Nc1ccnc(S(=O)(=O)N[C@@H]2CCNC2)c1. The number of carbonyl (C=O) groups is 1. The second-order valence-electron chi connectivity index (χ2n) is 8.49. The number of hydrogen-bond donors (Lipinski definition) is 3. The maximum atomic E-state index is 13.5. The molecule has 3 aromatic rings. The van der Waals surface area contributed by atoms with E-state index >= 15 is 0 Å². The van der Waals surface area contributed by atoms with Crippen LogP contribution in [0.5, 0.6) is 11.5 Å². The van der Waals surface area contributed by atoms with Crippen LogP contribution in [0.25, 0.3) is 0 Å². The monoisotopic (exact) mass is 572 g/mol. The molecule has 0 radical (unpaired) electrons. The molecule has 1 aliphatic heterocycles. The minimum absolute atomic E-state index is 0.00913. The number of sulfonamides is 1. The first-order chi connectivity index (χ1) is 17.8. The molecule has 8 nitrogen and oxygen atoms in total. The van der Waals surface area contributed by atoms with E-state index in [-0.39, 0.29) is 33.6 Å². The number of carbonyl (C=O) groups excluding carboxylic acids is 1. The van der Waals surface area contributed by atoms with E-state index in [0.29, 0.717) is 25.6 Å². The summed E-state index contributed by atoms with van der Waals surface area (Å²) in [4.78, 5) is 17.0. The summed E-state index contributed by atoms with van der Waals surface area (Å²) >= 11 is 5.85. The van der Waals surface area contributed by atoms with Crippen molar-refractivity contribution >= 4 is 33.2 Å². The predicted molar refractivity (Wildman–Crippen MR) is 131 cm³/mol. The highest BCUT2D eigenvalue weighted by Crippen LogP contribution is 2.40. The maximum Gasteiger partial charge on any atom is 0.417 e. The lowest BCUT2D eigenvalue weighted by Crippen LogP contribution is -2.36. The summed E-state index contributed by atoms with van der Waals surface area (Å²) in [7, 11) is -4.01. The number of halogens is 5. The fourth-order valence-corrected chi connectivity index (χ4v) is 5.26. The van der Waals surface area contributed by atoms with Crippen molar-refractivity contribution < 1.29 is 35.5 Å². The highest BCUT2D eigenvalue weighted by Gasteiger charge is 2.35. The Labute approximate surface area is 220 Å². The summed E-state index contributed by atoms with van der Waals surface area (Å²) in [5, 5.41) is 4.36. The number of amides is 1. The molecular weight excluding hydrogens is 552 g/mol. The largest absolute Gasteiger partial charge is 0.456 e. The van der Waals surface area contributed by atoms with Crippen LogP contribution in [-0.4, -0.2) is 38.4 Å². The molecule has 202 valence electrons. The second kappa shape index (κ2) is 10.8. The zero-order valence-corrected chi connectivity index (χ0v) is 21.3. The number of alkyl halides is 3. The molecule has 1 amide bonds. The number of pyridine rings is 1. The molecule has 1 atom stereocenters. The average molecular weight is 573 g/mol. The van der Waals surface area contributed by atoms with Gasteiger partial charge in [0.2, 0.25) is 0 Å². The van der Waals surface area contributed by atoms with Crippen LogP contribution in [0, 0.1) is 12.7 Å². The fourth-order valence-electron chi connectivity index (χ4n) is 3.75. The topological polar surface area (TPSA) is 109 Å². The van der Waals surface area contributed by atoms with E-state index in [1.807, 2.05) is 0 Å². The molecule has 0 spiro atoms. The van der Waals surface area contributed by atoms with Crippen molar-refractivity contribution in [2.24, 2.45) is 0 Å². The molecule has 0 aliphatic carbocycles. The van der Waals surface area contributed by atoms with Gasteiger partial charge in [0.05, 0.1) is 16.1 Å². The zero-order valence-electron chi connectivity index (χ0n) is 19.7. The molecule has 2 heterocycles. The molecular formula is C24H21ClF4N4O4S. The number of aryl methyl sites for hydroxylation is 1. The van der Waals surface area contributed by atoms with E-state index in [2.05, 4.69) is 20.3 Å². The maximum absolute atomic E-state index is 13.5. The minimum Gasteiger partial charge on any atom is -0.456 e. The van der Waals surface area contributed by atoms with Crippen LogP contribution in [0.2, 0.25) is 5.02 Å².